The summed E-state index contributed by atoms with van der Waals surface area (Å²) < 4.78 is 27.0. The van der Waals surface area contributed by atoms with Crippen molar-refractivity contribution in [1.82, 2.24) is 14.5 Å². The average molecular weight is 563 g/mol. The lowest BCUT2D eigenvalue weighted by atomic mass is 10.1. The number of nitrogens with one attached hydrogen (secondary N) is 1. The number of benzene rings is 2. The van der Waals surface area contributed by atoms with Crippen LogP contribution >= 0.6 is 34.8 Å². The highest BCUT2D eigenvalue weighted by Crippen LogP contribution is 2.24. The number of sulfonamides is 1. The van der Waals surface area contributed by atoms with Crippen molar-refractivity contribution in [2.45, 2.75) is 57.1 Å². The Bertz CT molecular complexity index is 1140. The highest BCUT2D eigenvalue weighted by molar-refractivity contribution is 7.89. The zero-order valence-corrected chi connectivity index (χ0v) is 23.2. The summed E-state index contributed by atoms with van der Waals surface area (Å²) in [6.07, 6.45) is 1.05. The van der Waals surface area contributed by atoms with Crippen LogP contribution in [0.15, 0.2) is 47.4 Å². The molecule has 0 aliphatic heterocycles. The van der Waals surface area contributed by atoms with Crippen molar-refractivity contribution in [1.29, 1.82) is 0 Å². The smallest absolute Gasteiger partial charge is 0.243 e. The van der Waals surface area contributed by atoms with Crippen LogP contribution in [0.4, 0.5) is 0 Å². The summed E-state index contributed by atoms with van der Waals surface area (Å²) in [4.78, 5) is 27.9. The van der Waals surface area contributed by atoms with Gasteiger partial charge in [-0.3, -0.25) is 9.59 Å². The number of hydrogen-bond donors (Lipinski definition) is 1. The molecule has 0 unspecified atom stereocenters. The first-order valence-electron chi connectivity index (χ1n) is 11.2. The molecule has 0 aliphatic rings. The van der Waals surface area contributed by atoms with Gasteiger partial charge in [0, 0.05) is 34.7 Å². The standard InChI is InChI=1S/C24H30Cl3N3O4S/c1-5-16(3)28-24(32)22(6-2)30(14-17-7-8-19(26)13-21(17)27)23(31)15-29(4)35(33,34)20-11-9-18(25)10-12-20/h7-13,16,22H,5-6,14-15H2,1-4H3,(H,28,32)/t16-,22-/m0/s1. The topological polar surface area (TPSA) is 86.8 Å². The summed E-state index contributed by atoms with van der Waals surface area (Å²) in [6.45, 7) is 5.15. The van der Waals surface area contributed by atoms with Crippen LogP contribution in [-0.4, -0.2) is 55.1 Å². The Hall–Kier alpha value is -1.84. The Morgan fingerprint density at radius 2 is 1.57 bits per heavy atom. The third-order valence-corrected chi connectivity index (χ3v) is 8.28. The van der Waals surface area contributed by atoms with Crippen LogP contribution in [-0.2, 0) is 26.2 Å². The van der Waals surface area contributed by atoms with Crippen LogP contribution in [0.2, 0.25) is 15.1 Å². The number of halogens is 3. The third-order valence-electron chi connectivity index (χ3n) is 5.62. The van der Waals surface area contributed by atoms with E-state index >= 15 is 0 Å². The largest absolute Gasteiger partial charge is 0.352 e. The normalized spacial score (nSPS) is 13.4. The van der Waals surface area contributed by atoms with Crippen molar-refractivity contribution >= 4 is 56.6 Å². The summed E-state index contributed by atoms with van der Waals surface area (Å²) in [5.74, 6) is -0.856. The van der Waals surface area contributed by atoms with Gasteiger partial charge in [0.25, 0.3) is 0 Å². The maximum Gasteiger partial charge on any atom is 0.243 e. The zero-order chi connectivity index (χ0) is 26.3. The van der Waals surface area contributed by atoms with Crippen molar-refractivity contribution in [2.24, 2.45) is 0 Å². The first-order valence-corrected chi connectivity index (χ1v) is 13.7. The van der Waals surface area contributed by atoms with Gasteiger partial charge in [-0.25, -0.2) is 8.42 Å². The molecule has 7 nitrogen and oxygen atoms in total. The zero-order valence-electron chi connectivity index (χ0n) is 20.1. The molecule has 1 N–H and O–H groups in total. The Morgan fingerprint density at radius 1 is 0.971 bits per heavy atom. The van der Waals surface area contributed by atoms with Gasteiger partial charge in [-0.05, 0) is 61.7 Å². The van der Waals surface area contributed by atoms with E-state index in [2.05, 4.69) is 5.32 Å². The van der Waals surface area contributed by atoms with Crippen LogP contribution < -0.4 is 5.32 Å². The van der Waals surface area contributed by atoms with E-state index in [1.54, 1.807) is 25.1 Å². The van der Waals surface area contributed by atoms with E-state index < -0.39 is 28.5 Å². The van der Waals surface area contributed by atoms with Crippen LogP contribution in [0.5, 0.6) is 0 Å². The minimum absolute atomic E-state index is 0.00560. The van der Waals surface area contributed by atoms with Gasteiger partial charge in [-0.1, -0.05) is 54.7 Å². The first kappa shape index (κ1) is 29.4. The van der Waals surface area contributed by atoms with Crippen molar-refractivity contribution in [3.63, 3.8) is 0 Å². The van der Waals surface area contributed by atoms with E-state index in [0.29, 0.717) is 27.1 Å². The molecule has 0 aromatic heterocycles. The molecule has 0 heterocycles. The Morgan fingerprint density at radius 3 is 2.11 bits per heavy atom. The highest BCUT2D eigenvalue weighted by Gasteiger charge is 2.32. The van der Waals surface area contributed by atoms with Crippen molar-refractivity contribution in [3.05, 3.63) is 63.1 Å². The van der Waals surface area contributed by atoms with Gasteiger partial charge < -0.3 is 10.2 Å². The van der Waals surface area contributed by atoms with Gasteiger partial charge in [-0.2, -0.15) is 4.31 Å². The van der Waals surface area contributed by atoms with Gasteiger partial charge in [0.1, 0.15) is 6.04 Å². The average Bonchev–Trinajstić information content (AvgIpc) is 2.80. The second-order valence-electron chi connectivity index (χ2n) is 8.21. The van der Waals surface area contributed by atoms with Gasteiger partial charge in [0.05, 0.1) is 11.4 Å². The lowest BCUT2D eigenvalue weighted by Gasteiger charge is -2.32. The van der Waals surface area contributed by atoms with E-state index in [1.165, 1.54) is 36.2 Å². The second kappa shape index (κ2) is 12.9. The molecule has 11 heteroatoms. The number of carbonyl (C=O) groups excluding carboxylic acids is 2. The molecule has 2 amide bonds. The van der Waals surface area contributed by atoms with E-state index in [1.807, 2.05) is 13.8 Å². The fourth-order valence-corrected chi connectivity index (χ4v) is 5.06. The summed E-state index contributed by atoms with van der Waals surface area (Å²) in [5.41, 5.74) is 0.586. The highest BCUT2D eigenvalue weighted by atomic mass is 35.5. The molecule has 35 heavy (non-hydrogen) atoms. The fraction of sp³-hybridized carbons (Fsp3) is 0.417. The SMILES string of the molecule is CC[C@H](C)NC(=O)[C@H](CC)N(Cc1ccc(Cl)cc1Cl)C(=O)CN(C)S(=O)(=O)c1ccc(Cl)cc1. The fourth-order valence-electron chi connectivity index (χ4n) is 3.35. The van der Waals surface area contributed by atoms with Gasteiger partial charge >= 0.3 is 0 Å². The van der Waals surface area contributed by atoms with Crippen LogP contribution in [0.25, 0.3) is 0 Å². The van der Waals surface area contributed by atoms with E-state index in [4.69, 9.17) is 34.8 Å². The summed E-state index contributed by atoms with van der Waals surface area (Å²) in [7, 11) is -2.65. The third kappa shape index (κ3) is 7.82. The van der Waals surface area contributed by atoms with Crippen LogP contribution in [0.1, 0.15) is 39.2 Å². The molecule has 0 saturated carbocycles. The Kier molecular flexibility index (Phi) is 10.9. The Balaban J connectivity index is 2.37. The molecule has 2 rings (SSSR count). The van der Waals surface area contributed by atoms with Gasteiger partial charge in [0.2, 0.25) is 21.8 Å². The number of nitrogens with zero attached hydrogens (tertiary/aromatic N) is 2. The predicted molar refractivity (Wildman–Crippen MR) is 140 cm³/mol. The molecule has 0 fully saturated rings. The molecule has 192 valence electrons. The predicted octanol–water partition coefficient (Wildman–Crippen LogP) is 4.99. The van der Waals surface area contributed by atoms with E-state index in [9.17, 15) is 18.0 Å². The minimum atomic E-state index is -3.96. The molecule has 2 atom stereocenters. The summed E-state index contributed by atoms with van der Waals surface area (Å²) >= 11 is 18.2. The first-order chi connectivity index (χ1) is 16.4. The molecule has 0 saturated heterocycles. The molecular weight excluding hydrogens is 533 g/mol. The molecule has 0 bridgehead atoms. The number of carbonyl (C=O) groups is 2. The lowest BCUT2D eigenvalue weighted by Crippen LogP contribution is -2.53. The Labute approximate surface area is 222 Å². The minimum Gasteiger partial charge on any atom is -0.352 e. The van der Waals surface area contributed by atoms with Crippen LogP contribution in [0, 0.1) is 0 Å². The number of hydrogen-bond acceptors (Lipinski definition) is 4. The van der Waals surface area contributed by atoms with E-state index in [0.717, 1.165) is 10.7 Å². The van der Waals surface area contributed by atoms with Crippen molar-refractivity contribution in [3.8, 4) is 0 Å². The van der Waals surface area contributed by atoms with Crippen molar-refractivity contribution < 1.29 is 18.0 Å². The van der Waals surface area contributed by atoms with Crippen molar-refractivity contribution in [2.75, 3.05) is 13.6 Å². The molecular formula is C24H30Cl3N3O4S. The molecule has 0 radical (unpaired) electrons. The number of likely N-dealkylation sites (N-methyl/N-ethyl adjacent to an activating group) is 1. The van der Waals surface area contributed by atoms with E-state index in [-0.39, 0.29) is 23.4 Å². The number of rotatable bonds is 11. The molecule has 2 aromatic rings. The lowest BCUT2D eigenvalue weighted by molar-refractivity contribution is -0.141. The quantitative estimate of drug-likeness (QED) is 0.418. The molecule has 2 aromatic carbocycles. The van der Waals surface area contributed by atoms with Crippen LogP contribution in [0.3, 0.4) is 0 Å². The molecule has 0 spiro atoms. The monoisotopic (exact) mass is 561 g/mol. The second-order valence-corrected chi connectivity index (χ2v) is 11.5. The maximum absolute atomic E-state index is 13.5. The summed E-state index contributed by atoms with van der Waals surface area (Å²) in [5, 5.41) is 4.08. The van der Waals surface area contributed by atoms with Gasteiger partial charge in [0.15, 0.2) is 0 Å². The number of amides is 2. The van der Waals surface area contributed by atoms with Gasteiger partial charge in [-0.15, -0.1) is 0 Å². The summed E-state index contributed by atoms with van der Waals surface area (Å²) in [6, 6.07) is 9.64. The molecule has 0 aliphatic carbocycles. The maximum atomic E-state index is 13.5.